The first-order valence-corrected chi connectivity index (χ1v) is 6.80. The second-order valence-corrected chi connectivity index (χ2v) is 5.17. The Kier molecular flexibility index (Phi) is 4.80. The minimum Gasteiger partial charge on any atom is -0.493 e. The Morgan fingerprint density at radius 1 is 1.42 bits per heavy atom. The van der Waals surface area contributed by atoms with Crippen LogP contribution in [-0.2, 0) is 11.2 Å². The fraction of sp³-hybridized carbons (Fsp3) is 0.533. The van der Waals surface area contributed by atoms with Crippen molar-refractivity contribution in [2.75, 3.05) is 19.7 Å². The van der Waals surface area contributed by atoms with Crippen LogP contribution in [0.4, 0.5) is 0 Å². The number of aliphatic carboxylic acids is 1. The molecule has 0 spiro atoms. The van der Waals surface area contributed by atoms with Gasteiger partial charge in [-0.3, -0.25) is 4.79 Å². The third-order valence-electron chi connectivity index (χ3n) is 3.53. The van der Waals surface area contributed by atoms with Crippen molar-refractivity contribution in [3.05, 3.63) is 29.3 Å². The second kappa shape index (κ2) is 6.57. The molecule has 19 heavy (non-hydrogen) atoms. The van der Waals surface area contributed by atoms with Crippen molar-refractivity contribution in [3.8, 4) is 5.75 Å². The number of carboxylic acids is 1. The van der Waals surface area contributed by atoms with Gasteiger partial charge in [-0.2, -0.15) is 0 Å². The van der Waals surface area contributed by atoms with E-state index in [1.54, 1.807) is 0 Å². The lowest BCUT2D eigenvalue weighted by Crippen LogP contribution is -2.30. The van der Waals surface area contributed by atoms with Crippen LogP contribution in [-0.4, -0.2) is 30.8 Å². The summed E-state index contributed by atoms with van der Waals surface area (Å²) in [6.45, 7) is 4.86. The van der Waals surface area contributed by atoms with E-state index in [2.05, 4.69) is 5.32 Å². The molecular weight excluding hydrogens is 242 g/mol. The maximum Gasteiger partial charge on any atom is 0.307 e. The molecule has 1 aliphatic heterocycles. The van der Waals surface area contributed by atoms with Gasteiger partial charge in [-0.25, -0.2) is 0 Å². The SMILES string of the molecule is Cc1cc(CC(=O)O)ccc1OCC1CCNCC1. The van der Waals surface area contributed by atoms with Crippen LogP contribution < -0.4 is 10.1 Å². The maximum atomic E-state index is 10.7. The molecule has 0 atom stereocenters. The normalized spacial score (nSPS) is 16.3. The topological polar surface area (TPSA) is 58.6 Å². The van der Waals surface area contributed by atoms with Crippen LogP contribution in [0.15, 0.2) is 18.2 Å². The number of hydrogen-bond donors (Lipinski definition) is 2. The molecule has 1 fully saturated rings. The Bertz CT molecular complexity index is 439. The number of carboxylic acid groups (broad SMARTS) is 1. The minimum atomic E-state index is -0.803. The molecule has 2 rings (SSSR count). The maximum absolute atomic E-state index is 10.7. The summed E-state index contributed by atoms with van der Waals surface area (Å²) >= 11 is 0. The van der Waals surface area contributed by atoms with Gasteiger partial charge in [0.15, 0.2) is 0 Å². The highest BCUT2D eigenvalue weighted by molar-refractivity contribution is 5.70. The second-order valence-electron chi connectivity index (χ2n) is 5.17. The molecule has 0 aromatic heterocycles. The van der Waals surface area contributed by atoms with E-state index in [1.165, 1.54) is 0 Å². The van der Waals surface area contributed by atoms with Crippen LogP contribution in [0.25, 0.3) is 0 Å². The van der Waals surface area contributed by atoms with Crippen molar-refractivity contribution in [1.29, 1.82) is 0 Å². The Hall–Kier alpha value is -1.55. The van der Waals surface area contributed by atoms with E-state index in [4.69, 9.17) is 9.84 Å². The fourth-order valence-electron chi connectivity index (χ4n) is 2.41. The molecule has 1 aromatic carbocycles. The minimum absolute atomic E-state index is 0.0649. The Labute approximate surface area is 113 Å². The first-order chi connectivity index (χ1) is 9.15. The first-order valence-electron chi connectivity index (χ1n) is 6.80. The van der Waals surface area contributed by atoms with Crippen LogP contribution in [0.1, 0.15) is 24.0 Å². The van der Waals surface area contributed by atoms with Gasteiger partial charge in [-0.05, 0) is 56.0 Å². The lowest BCUT2D eigenvalue weighted by atomic mass is 9.99. The van der Waals surface area contributed by atoms with Gasteiger partial charge in [0.25, 0.3) is 0 Å². The average molecular weight is 263 g/mol. The summed E-state index contributed by atoms with van der Waals surface area (Å²) in [5.74, 6) is 0.690. The van der Waals surface area contributed by atoms with E-state index in [0.717, 1.165) is 49.4 Å². The fourth-order valence-corrected chi connectivity index (χ4v) is 2.41. The highest BCUT2D eigenvalue weighted by atomic mass is 16.5. The van der Waals surface area contributed by atoms with Gasteiger partial charge in [0.2, 0.25) is 0 Å². The van der Waals surface area contributed by atoms with Gasteiger partial charge in [0, 0.05) is 0 Å². The molecule has 0 bridgehead atoms. The number of nitrogens with one attached hydrogen (secondary N) is 1. The van der Waals surface area contributed by atoms with E-state index in [1.807, 2.05) is 25.1 Å². The summed E-state index contributed by atoms with van der Waals surface area (Å²) < 4.78 is 5.86. The van der Waals surface area contributed by atoms with Crippen molar-refractivity contribution >= 4 is 5.97 Å². The van der Waals surface area contributed by atoms with Crippen molar-refractivity contribution in [2.45, 2.75) is 26.2 Å². The third kappa shape index (κ3) is 4.24. The average Bonchev–Trinajstić information content (AvgIpc) is 2.38. The monoisotopic (exact) mass is 263 g/mol. The van der Waals surface area contributed by atoms with E-state index >= 15 is 0 Å². The predicted octanol–water partition coefficient (Wildman–Crippen LogP) is 2.00. The quantitative estimate of drug-likeness (QED) is 0.853. The molecule has 1 aliphatic rings. The largest absolute Gasteiger partial charge is 0.493 e. The van der Waals surface area contributed by atoms with Crippen LogP contribution in [0, 0.1) is 12.8 Å². The van der Waals surface area contributed by atoms with E-state index < -0.39 is 5.97 Å². The van der Waals surface area contributed by atoms with Gasteiger partial charge >= 0.3 is 5.97 Å². The zero-order valence-electron chi connectivity index (χ0n) is 11.3. The molecule has 0 amide bonds. The van der Waals surface area contributed by atoms with Crippen LogP contribution in [0.2, 0.25) is 0 Å². The summed E-state index contributed by atoms with van der Waals surface area (Å²) in [5, 5.41) is 12.1. The van der Waals surface area contributed by atoms with E-state index in [-0.39, 0.29) is 6.42 Å². The molecule has 0 saturated carbocycles. The molecule has 4 nitrogen and oxygen atoms in total. The van der Waals surface area contributed by atoms with Gasteiger partial charge < -0.3 is 15.2 Å². The molecule has 4 heteroatoms. The third-order valence-corrected chi connectivity index (χ3v) is 3.53. The van der Waals surface area contributed by atoms with Crippen molar-refractivity contribution in [3.63, 3.8) is 0 Å². The first kappa shape index (κ1) is 13.9. The summed E-state index contributed by atoms with van der Waals surface area (Å²) in [6, 6.07) is 5.61. The van der Waals surface area contributed by atoms with E-state index in [9.17, 15) is 4.79 Å². The zero-order chi connectivity index (χ0) is 13.7. The summed E-state index contributed by atoms with van der Waals surface area (Å²) in [7, 11) is 0. The number of carbonyl (C=O) groups is 1. The highest BCUT2D eigenvalue weighted by Crippen LogP contribution is 2.21. The Morgan fingerprint density at radius 2 is 2.16 bits per heavy atom. The van der Waals surface area contributed by atoms with Crippen LogP contribution >= 0.6 is 0 Å². The summed E-state index contributed by atoms with van der Waals surface area (Å²) in [4.78, 5) is 10.7. The molecule has 1 heterocycles. The number of hydrogen-bond acceptors (Lipinski definition) is 3. The predicted molar refractivity (Wildman–Crippen MR) is 73.6 cm³/mol. The van der Waals surface area contributed by atoms with Crippen molar-refractivity contribution in [2.24, 2.45) is 5.92 Å². The van der Waals surface area contributed by atoms with Crippen molar-refractivity contribution < 1.29 is 14.6 Å². The zero-order valence-corrected chi connectivity index (χ0v) is 11.3. The highest BCUT2D eigenvalue weighted by Gasteiger charge is 2.14. The number of piperidine rings is 1. The summed E-state index contributed by atoms with van der Waals surface area (Å²) in [6.07, 6.45) is 2.39. The smallest absolute Gasteiger partial charge is 0.307 e. The number of rotatable bonds is 5. The van der Waals surface area contributed by atoms with Crippen molar-refractivity contribution in [1.82, 2.24) is 5.32 Å². The van der Waals surface area contributed by atoms with Gasteiger partial charge in [0.05, 0.1) is 13.0 Å². The van der Waals surface area contributed by atoms with Gasteiger partial charge in [-0.1, -0.05) is 12.1 Å². The number of ether oxygens (including phenoxy) is 1. The molecule has 0 unspecified atom stereocenters. The van der Waals surface area contributed by atoms with E-state index in [0.29, 0.717) is 5.92 Å². The standard InChI is InChI=1S/C15H21NO3/c1-11-8-13(9-15(17)18)2-3-14(11)19-10-12-4-6-16-7-5-12/h2-3,8,12,16H,4-7,9-10H2,1H3,(H,17,18). The van der Waals surface area contributed by atoms with Crippen LogP contribution in [0.3, 0.4) is 0 Å². The van der Waals surface area contributed by atoms with Gasteiger partial charge in [-0.15, -0.1) is 0 Å². The number of aryl methyl sites for hydroxylation is 1. The van der Waals surface area contributed by atoms with Gasteiger partial charge in [0.1, 0.15) is 5.75 Å². The number of benzene rings is 1. The molecule has 104 valence electrons. The Morgan fingerprint density at radius 3 is 2.79 bits per heavy atom. The Balaban J connectivity index is 1.91. The molecule has 0 radical (unpaired) electrons. The molecule has 2 N–H and O–H groups in total. The molecule has 0 aliphatic carbocycles. The molecular formula is C15H21NO3. The molecule has 1 aromatic rings. The summed E-state index contributed by atoms with van der Waals surface area (Å²) in [5.41, 5.74) is 1.83. The molecule has 1 saturated heterocycles. The van der Waals surface area contributed by atoms with Crippen LogP contribution in [0.5, 0.6) is 5.75 Å². The lowest BCUT2D eigenvalue weighted by Gasteiger charge is -2.23. The lowest BCUT2D eigenvalue weighted by molar-refractivity contribution is -0.136.